The molecule has 0 radical (unpaired) electrons. The van der Waals surface area contributed by atoms with Crippen LogP contribution in [0, 0.1) is 0 Å². The lowest BCUT2D eigenvalue weighted by molar-refractivity contribution is -0.123. The van der Waals surface area contributed by atoms with Gasteiger partial charge in [0.1, 0.15) is 24.5 Å². The van der Waals surface area contributed by atoms with Crippen molar-refractivity contribution in [2.24, 2.45) is 0 Å². The number of aryl methyl sites for hydroxylation is 1. The van der Waals surface area contributed by atoms with Gasteiger partial charge in [-0.1, -0.05) is 26.2 Å². The lowest BCUT2D eigenvalue weighted by atomic mass is 10.0. The zero-order valence-corrected chi connectivity index (χ0v) is 28.1. The number of nitrogens with one attached hydrogen (secondary N) is 4. The maximum atomic E-state index is 13.1. The fourth-order valence-electron chi connectivity index (χ4n) is 5.00. The van der Waals surface area contributed by atoms with Crippen molar-refractivity contribution in [2.45, 2.75) is 103 Å². The fourth-order valence-corrected chi connectivity index (χ4v) is 5.65. The Kier molecular flexibility index (Phi) is 17.1. The first-order valence-corrected chi connectivity index (χ1v) is 17.2. The summed E-state index contributed by atoms with van der Waals surface area (Å²) in [6, 6.07) is -1.82. The van der Waals surface area contributed by atoms with Crippen LogP contribution in [0.4, 0.5) is 9.59 Å². The highest BCUT2D eigenvalue weighted by Crippen LogP contribution is 2.47. The van der Waals surface area contributed by atoms with E-state index in [1.165, 1.54) is 6.20 Å². The number of aliphatic hydroxyl groups is 1. The molecule has 6 N–H and O–H groups in total. The van der Waals surface area contributed by atoms with Gasteiger partial charge in [-0.2, -0.15) is 0 Å². The van der Waals surface area contributed by atoms with E-state index in [9.17, 15) is 38.5 Å². The van der Waals surface area contributed by atoms with Gasteiger partial charge in [-0.3, -0.25) is 28.2 Å². The molecule has 0 spiro atoms. The highest BCUT2D eigenvalue weighted by Gasteiger charge is 2.41. The minimum absolute atomic E-state index is 0.0511. The first kappa shape index (κ1) is 39.9. The lowest BCUT2D eigenvalue weighted by Crippen LogP contribution is -2.58. The van der Waals surface area contributed by atoms with Crippen molar-refractivity contribution in [3.05, 3.63) is 32.6 Å². The monoisotopic (exact) mass is 693 g/mol. The Morgan fingerprint density at radius 2 is 1.74 bits per heavy atom. The summed E-state index contributed by atoms with van der Waals surface area (Å²) in [6.45, 7) is 5.17. The van der Waals surface area contributed by atoms with Gasteiger partial charge in [0.2, 0.25) is 5.91 Å². The first-order chi connectivity index (χ1) is 22.4. The predicted octanol–water partition coefficient (Wildman–Crippen LogP) is 1.20. The van der Waals surface area contributed by atoms with Crippen molar-refractivity contribution in [3.63, 3.8) is 0 Å². The number of aromatic nitrogens is 2. The first-order valence-electron chi connectivity index (χ1n) is 15.7. The summed E-state index contributed by atoms with van der Waals surface area (Å²) in [5.41, 5.74) is -0.981. The third-order valence-electron chi connectivity index (χ3n) is 7.30. The molecule has 268 valence electrons. The maximum absolute atomic E-state index is 13.1. The zero-order valence-electron chi connectivity index (χ0n) is 27.2. The molecule has 1 aliphatic rings. The third-order valence-corrected chi connectivity index (χ3v) is 8.29. The van der Waals surface area contributed by atoms with Crippen molar-refractivity contribution < 1.29 is 52.2 Å². The summed E-state index contributed by atoms with van der Waals surface area (Å²) in [5.74, 6) is -0.490. The molecule has 3 unspecified atom stereocenters. The van der Waals surface area contributed by atoms with Crippen LogP contribution >= 0.6 is 7.82 Å². The highest BCUT2D eigenvalue weighted by molar-refractivity contribution is 7.47. The number of aliphatic hydroxyl groups excluding tert-OH is 1. The van der Waals surface area contributed by atoms with Crippen LogP contribution in [-0.4, -0.2) is 95.4 Å². The Bertz CT molecular complexity index is 1320. The quantitative estimate of drug-likeness (QED) is 0.0831. The summed E-state index contributed by atoms with van der Waals surface area (Å²) in [7, 11) is -3.39. The molecular formula is C28H48N5O13P. The molecule has 6 atom stereocenters. The van der Waals surface area contributed by atoms with Crippen LogP contribution in [0.5, 0.6) is 0 Å². The fraction of sp³-hybridized carbons (Fsp3) is 0.750. The molecule has 1 aliphatic heterocycles. The van der Waals surface area contributed by atoms with Crippen LogP contribution in [0.15, 0.2) is 15.8 Å². The average Bonchev–Trinajstić information content (AvgIpc) is 3.41. The molecule has 1 aromatic heterocycles. The van der Waals surface area contributed by atoms with Crippen molar-refractivity contribution in [1.29, 1.82) is 0 Å². The summed E-state index contributed by atoms with van der Waals surface area (Å²) < 4.78 is 38.0. The molecule has 1 fully saturated rings. The van der Waals surface area contributed by atoms with Gasteiger partial charge in [0, 0.05) is 31.8 Å². The van der Waals surface area contributed by atoms with Gasteiger partial charge in [-0.15, -0.1) is 0 Å². The molecule has 0 saturated carbocycles. The highest BCUT2D eigenvalue weighted by atomic mass is 31.2. The number of aromatic amines is 1. The van der Waals surface area contributed by atoms with E-state index in [0.29, 0.717) is 57.1 Å². The van der Waals surface area contributed by atoms with Crippen LogP contribution in [-0.2, 0) is 39.0 Å². The average molecular weight is 694 g/mol. The van der Waals surface area contributed by atoms with E-state index < -0.39 is 74.3 Å². The number of phosphoric ester groups is 1. The standard InChI is InChI=1S/C28H48N5O13P/c1-5-12-19(30-27(38)43-6-2)23(31-28(39)44-7-3)25(36)29-14-11-9-8-10-13-18-16-33(26(37)32-24(18)35)22-15-20(21(17-34)45-22)46-47(40,41)42-4/h16,19-23,34H,5-15,17H2,1-4H3,(H,29,36)(H,30,38)(H,31,39)(H,40,41)(H,32,35,37)/t19?,20-,21-,22-,23?/m0/s1. The SMILES string of the molecule is CCCC(NC(=O)OCC)C(NC(=O)OCC)C(=O)NCCCCCCc1cn([C@@H]2C[C@H](OP(=O)(O)OC)[C@H](CO)O2)c(=O)[nH]c1=O. The number of phosphoric acid groups is 1. The van der Waals surface area contributed by atoms with Gasteiger partial charge < -0.3 is 40.2 Å². The van der Waals surface area contributed by atoms with Crippen LogP contribution in [0.1, 0.15) is 77.5 Å². The second kappa shape index (κ2) is 20.2. The number of nitrogens with zero attached hydrogens (tertiary/aromatic N) is 1. The number of H-pyrrole nitrogens is 1. The number of ether oxygens (including phenoxy) is 3. The molecule has 1 saturated heterocycles. The summed E-state index contributed by atoms with van der Waals surface area (Å²) in [6.07, 6.45) is 0.735. The minimum Gasteiger partial charge on any atom is -0.450 e. The number of alkyl carbamates (subject to hydrolysis) is 2. The van der Waals surface area contributed by atoms with Crippen LogP contribution in [0.25, 0.3) is 0 Å². The van der Waals surface area contributed by atoms with Gasteiger partial charge in [0.25, 0.3) is 5.56 Å². The van der Waals surface area contributed by atoms with E-state index in [1.807, 2.05) is 6.92 Å². The van der Waals surface area contributed by atoms with E-state index in [-0.39, 0.29) is 19.6 Å². The Balaban J connectivity index is 1.92. The molecule has 0 aliphatic carbocycles. The molecule has 1 aromatic rings. The van der Waals surface area contributed by atoms with Crippen molar-refractivity contribution in [3.8, 4) is 0 Å². The van der Waals surface area contributed by atoms with Gasteiger partial charge in [-0.25, -0.2) is 18.9 Å². The molecule has 18 nitrogen and oxygen atoms in total. The maximum Gasteiger partial charge on any atom is 0.472 e. The number of hydrogen-bond donors (Lipinski definition) is 6. The lowest BCUT2D eigenvalue weighted by Gasteiger charge is -2.27. The van der Waals surface area contributed by atoms with Gasteiger partial charge in [0.15, 0.2) is 0 Å². The number of unbranched alkanes of at least 4 members (excludes halogenated alkanes) is 3. The van der Waals surface area contributed by atoms with E-state index in [0.717, 1.165) is 11.7 Å². The van der Waals surface area contributed by atoms with Gasteiger partial charge in [-0.05, 0) is 39.5 Å². The smallest absolute Gasteiger partial charge is 0.450 e. The predicted molar refractivity (Wildman–Crippen MR) is 167 cm³/mol. The number of carbonyl (C=O) groups is 3. The van der Waals surface area contributed by atoms with Crippen LogP contribution in [0.2, 0.25) is 0 Å². The number of rotatable bonds is 20. The molecule has 2 rings (SSSR count). The van der Waals surface area contributed by atoms with Crippen LogP contribution in [0.3, 0.4) is 0 Å². The number of hydrogen-bond acceptors (Lipinski definition) is 12. The second-order valence-corrected chi connectivity index (χ2v) is 12.2. The zero-order chi connectivity index (χ0) is 35.0. The van der Waals surface area contributed by atoms with Crippen molar-refractivity contribution in [2.75, 3.05) is 33.5 Å². The summed E-state index contributed by atoms with van der Waals surface area (Å²) >= 11 is 0. The molecule has 47 heavy (non-hydrogen) atoms. The molecular weight excluding hydrogens is 645 g/mol. The van der Waals surface area contributed by atoms with E-state index in [2.05, 4.69) is 25.5 Å². The van der Waals surface area contributed by atoms with Crippen molar-refractivity contribution >= 4 is 25.9 Å². The van der Waals surface area contributed by atoms with Gasteiger partial charge in [0.05, 0.1) is 25.9 Å². The van der Waals surface area contributed by atoms with Crippen LogP contribution < -0.4 is 27.2 Å². The Hall–Kier alpha value is -3.28. The van der Waals surface area contributed by atoms with E-state index >= 15 is 0 Å². The summed E-state index contributed by atoms with van der Waals surface area (Å²) in [4.78, 5) is 74.2. The summed E-state index contributed by atoms with van der Waals surface area (Å²) in [5, 5.41) is 17.6. The van der Waals surface area contributed by atoms with E-state index in [4.69, 9.17) is 18.7 Å². The Morgan fingerprint density at radius 3 is 2.36 bits per heavy atom. The molecule has 0 bridgehead atoms. The van der Waals surface area contributed by atoms with Crippen molar-refractivity contribution in [1.82, 2.24) is 25.5 Å². The molecule has 19 heteroatoms. The normalized spacial score (nSPS) is 20.1. The molecule has 2 heterocycles. The third kappa shape index (κ3) is 13.0. The second-order valence-electron chi connectivity index (χ2n) is 10.7. The molecule has 0 aromatic carbocycles. The Morgan fingerprint density at radius 1 is 1.09 bits per heavy atom. The molecule has 3 amide bonds. The largest absolute Gasteiger partial charge is 0.472 e. The topological polar surface area (TPSA) is 246 Å². The number of amides is 3. The van der Waals surface area contributed by atoms with Gasteiger partial charge >= 0.3 is 25.7 Å². The Labute approximate surface area is 272 Å². The number of carbonyl (C=O) groups excluding carboxylic acids is 3. The van der Waals surface area contributed by atoms with E-state index in [1.54, 1.807) is 13.8 Å². The minimum atomic E-state index is -4.38.